The normalized spacial score (nSPS) is 17.6. The predicted molar refractivity (Wildman–Crippen MR) is 38.1 cm³/mol. The van der Waals surface area contributed by atoms with Gasteiger partial charge >= 0.3 is 0 Å². The molecule has 0 aromatic carbocycles. The number of nitrogens with zero attached hydrogens (tertiary/aromatic N) is 1. The zero-order valence-electron chi connectivity index (χ0n) is 5.29. The summed E-state index contributed by atoms with van der Waals surface area (Å²) in [6.07, 6.45) is 6.17. The lowest BCUT2D eigenvalue weighted by molar-refractivity contribution is 0.201. The highest BCUT2D eigenvalue weighted by Crippen LogP contribution is 2.33. The van der Waals surface area contributed by atoms with Crippen molar-refractivity contribution in [3.63, 3.8) is 0 Å². The standard InChI is InChI=1S/C7H6N2O/c1-2-9-3-6-5(7(1)9)4-10-8-6/h1-3,8H,4H2. The molecule has 0 spiro atoms. The maximum atomic E-state index is 5.03. The molecule has 0 atom stereocenters. The highest BCUT2D eigenvalue weighted by molar-refractivity contribution is 5.78. The minimum atomic E-state index is 0.696. The third kappa shape index (κ3) is 0.341. The molecule has 1 aromatic heterocycles. The molecule has 3 rings (SSSR count). The van der Waals surface area contributed by atoms with Gasteiger partial charge in [-0.25, -0.2) is 0 Å². The Labute approximate surface area is 57.9 Å². The van der Waals surface area contributed by atoms with Crippen LogP contribution in [0.4, 0.5) is 5.69 Å². The monoisotopic (exact) mass is 134 g/mol. The molecule has 2 aliphatic rings. The van der Waals surface area contributed by atoms with Crippen LogP contribution in [0, 0.1) is 0 Å². The van der Waals surface area contributed by atoms with Gasteiger partial charge in [-0.2, -0.15) is 0 Å². The first-order chi connectivity index (χ1) is 4.95. The van der Waals surface area contributed by atoms with Crippen LogP contribution in [0.1, 0.15) is 11.3 Å². The van der Waals surface area contributed by atoms with Crippen LogP contribution in [-0.4, -0.2) is 4.57 Å². The van der Waals surface area contributed by atoms with E-state index in [0.717, 1.165) is 5.69 Å². The number of hydrogen-bond donors (Lipinski definition) is 1. The first-order valence-electron chi connectivity index (χ1n) is 3.25. The third-order valence-corrected chi connectivity index (χ3v) is 1.97. The van der Waals surface area contributed by atoms with E-state index in [9.17, 15) is 0 Å². The van der Waals surface area contributed by atoms with Crippen LogP contribution in [0.2, 0.25) is 0 Å². The third-order valence-electron chi connectivity index (χ3n) is 1.97. The summed E-state index contributed by atoms with van der Waals surface area (Å²) in [5.74, 6) is 0. The van der Waals surface area contributed by atoms with Crippen molar-refractivity contribution in [1.82, 2.24) is 4.57 Å². The van der Waals surface area contributed by atoms with E-state index >= 15 is 0 Å². The largest absolute Gasteiger partial charge is 0.321 e. The van der Waals surface area contributed by atoms with Crippen LogP contribution < -0.4 is 5.48 Å². The number of nitrogens with one attached hydrogen (secondary N) is 1. The van der Waals surface area contributed by atoms with E-state index in [4.69, 9.17) is 4.84 Å². The first-order valence-corrected chi connectivity index (χ1v) is 3.25. The summed E-state index contributed by atoms with van der Waals surface area (Å²) in [6.45, 7) is 0.696. The Bertz CT molecular complexity index is 325. The van der Waals surface area contributed by atoms with Gasteiger partial charge in [0, 0.05) is 18.0 Å². The summed E-state index contributed by atoms with van der Waals surface area (Å²) in [5, 5.41) is 0. The van der Waals surface area contributed by atoms with Gasteiger partial charge in [-0.1, -0.05) is 0 Å². The average Bonchev–Trinajstić information content (AvgIpc) is 2.35. The van der Waals surface area contributed by atoms with Crippen LogP contribution in [-0.2, 0) is 11.4 Å². The number of fused-ring (bicyclic) bond motifs is 3. The molecule has 0 saturated heterocycles. The molecule has 3 heteroatoms. The molecule has 1 aromatic rings. The van der Waals surface area contributed by atoms with Crippen molar-refractivity contribution in [2.24, 2.45) is 0 Å². The molecule has 0 fully saturated rings. The van der Waals surface area contributed by atoms with Gasteiger partial charge < -0.3 is 4.57 Å². The van der Waals surface area contributed by atoms with E-state index in [2.05, 4.69) is 16.1 Å². The molecular weight excluding hydrogens is 128 g/mol. The van der Waals surface area contributed by atoms with Gasteiger partial charge in [0.05, 0.1) is 11.4 Å². The Morgan fingerprint density at radius 1 is 1.60 bits per heavy atom. The quantitative estimate of drug-likeness (QED) is 0.587. The van der Waals surface area contributed by atoms with Gasteiger partial charge in [0.1, 0.15) is 6.61 Å². The molecule has 0 amide bonds. The fourth-order valence-corrected chi connectivity index (χ4v) is 1.38. The Morgan fingerprint density at radius 3 is 3.40 bits per heavy atom. The van der Waals surface area contributed by atoms with E-state index in [0.29, 0.717) is 6.61 Å². The van der Waals surface area contributed by atoms with Crippen molar-refractivity contribution in [3.8, 4) is 0 Å². The summed E-state index contributed by atoms with van der Waals surface area (Å²) in [5.41, 5.74) is 6.51. The Hall–Kier alpha value is -1.22. The summed E-state index contributed by atoms with van der Waals surface area (Å²) in [6, 6.07) is 0. The second-order valence-electron chi connectivity index (χ2n) is 2.52. The van der Waals surface area contributed by atoms with Crippen LogP contribution in [0.25, 0.3) is 12.3 Å². The number of hydrogen-bond acceptors (Lipinski definition) is 2. The van der Waals surface area contributed by atoms with E-state index in [-0.39, 0.29) is 0 Å². The number of aromatic nitrogens is 1. The highest BCUT2D eigenvalue weighted by atomic mass is 16.6. The minimum absolute atomic E-state index is 0.696. The van der Waals surface area contributed by atoms with E-state index in [1.54, 1.807) is 0 Å². The molecule has 0 radical (unpaired) electrons. The maximum Gasteiger partial charge on any atom is 0.104 e. The van der Waals surface area contributed by atoms with Crippen molar-refractivity contribution in [2.75, 3.05) is 5.48 Å². The maximum absolute atomic E-state index is 5.03. The molecule has 3 nitrogen and oxygen atoms in total. The topological polar surface area (TPSA) is 26.2 Å². The smallest absolute Gasteiger partial charge is 0.104 e. The van der Waals surface area contributed by atoms with Crippen molar-refractivity contribution in [3.05, 3.63) is 17.5 Å². The van der Waals surface area contributed by atoms with Crippen LogP contribution in [0.5, 0.6) is 0 Å². The summed E-state index contributed by atoms with van der Waals surface area (Å²) < 4.78 is 2.10. The van der Waals surface area contributed by atoms with E-state index in [1.807, 2.05) is 12.4 Å². The lowest BCUT2D eigenvalue weighted by Gasteiger charge is -2.08. The summed E-state index contributed by atoms with van der Waals surface area (Å²) in [4.78, 5) is 5.03. The fourth-order valence-electron chi connectivity index (χ4n) is 1.38. The molecule has 1 N–H and O–H groups in total. The van der Waals surface area contributed by atoms with Crippen LogP contribution in [0.15, 0.2) is 6.20 Å². The second kappa shape index (κ2) is 1.27. The van der Waals surface area contributed by atoms with Gasteiger partial charge in [0.25, 0.3) is 0 Å². The Morgan fingerprint density at radius 2 is 2.60 bits per heavy atom. The van der Waals surface area contributed by atoms with Gasteiger partial charge in [0.15, 0.2) is 0 Å². The molecular formula is C7H6N2O. The molecule has 50 valence electrons. The second-order valence-corrected chi connectivity index (χ2v) is 2.52. The van der Waals surface area contributed by atoms with Crippen LogP contribution in [0.3, 0.4) is 0 Å². The van der Waals surface area contributed by atoms with Gasteiger partial charge in [-0.15, -0.1) is 0 Å². The molecule has 0 unspecified atom stereocenters. The van der Waals surface area contributed by atoms with Gasteiger partial charge in [-0.05, 0) is 6.08 Å². The van der Waals surface area contributed by atoms with Gasteiger partial charge in [0.2, 0.25) is 0 Å². The van der Waals surface area contributed by atoms with Gasteiger partial charge in [-0.3, -0.25) is 10.3 Å². The predicted octanol–water partition coefficient (Wildman–Crippen LogP) is 1.29. The van der Waals surface area contributed by atoms with Crippen molar-refractivity contribution < 1.29 is 4.84 Å². The Kier molecular flexibility index (Phi) is 0.581. The highest BCUT2D eigenvalue weighted by Gasteiger charge is 2.21. The van der Waals surface area contributed by atoms with Crippen LogP contribution >= 0.6 is 0 Å². The lowest BCUT2D eigenvalue weighted by atomic mass is 10.2. The molecule has 3 heterocycles. The number of rotatable bonds is 0. The zero-order chi connectivity index (χ0) is 6.55. The van der Waals surface area contributed by atoms with E-state index < -0.39 is 0 Å². The SMILES string of the molecule is C1=Cn2cc3c(c21)CON3. The van der Waals surface area contributed by atoms with Crippen molar-refractivity contribution >= 4 is 18.0 Å². The molecule has 0 saturated carbocycles. The summed E-state index contributed by atoms with van der Waals surface area (Å²) in [7, 11) is 0. The molecule has 10 heavy (non-hydrogen) atoms. The summed E-state index contributed by atoms with van der Waals surface area (Å²) >= 11 is 0. The van der Waals surface area contributed by atoms with Crippen molar-refractivity contribution in [1.29, 1.82) is 0 Å². The first kappa shape index (κ1) is 4.57. The fraction of sp³-hybridized carbons (Fsp3) is 0.143. The number of anilines is 1. The lowest BCUT2D eigenvalue weighted by Crippen LogP contribution is -1.99. The molecule has 0 aliphatic carbocycles. The average molecular weight is 134 g/mol. The zero-order valence-corrected chi connectivity index (χ0v) is 5.29. The van der Waals surface area contributed by atoms with Crippen molar-refractivity contribution in [2.45, 2.75) is 6.61 Å². The molecule has 2 aliphatic heterocycles. The molecule has 0 bridgehead atoms. The van der Waals surface area contributed by atoms with E-state index in [1.165, 1.54) is 11.3 Å². The minimum Gasteiger partial charge on any atom is -0.321 e. The Balaban J connectivity index is 2.32.